The third-order valence-corrected chi connectivity index (χ3v) is 22.4. The van der Waals surface area contributed by atoms with Crippen LogP contribution in [0.2, 0.25) is 0 Å². The number of carbonyl (C=O) groups is 1. The molecule has 0 aromatic carbocycles. The predicted molar refractivity (Wildman–Crippen MR) is 394 cm³/mol. The van der Waals surface area contributed by atoms with E-state index in [1.54, 1.807) is 0 Å². The van der Waals surface area contributed by atoms with Crippen molar-refractivity contribution >= 4 is 18.7 Å². The first-order valence-electron chi connectivity index (χ1n) is 38.7. The fourth-order valence-electron chi connectivity index (χ4n) is 16.7. The zero-order chi connectivity index (χ0) is 81.0. The van der Waals surface area contributed by atoms with Crippen LogP contribution in [0, 0.1) is 0 Å². The Balaban J connectivity index is 1.21. The van der Waals surface area contributed by atoms with Gasteiger partial charge >= 0.3 is 6.03 Å². The van der Waals surface area contributed by atoms with Gasteiger partial charge in [0.2, 0.25) is 0 Å². The molecule has 21 aliphatic rings. The van der Waals surface area contributed by atoms with E-state index in [1.807, 2.05) is 0 Å². The molecule has 21 rings (SSSR count). The van der Waals surface area contributed by atoms with Gasteiger partial charge in [-0.1, -0.05) is 44.9 Å². The molecule has 2 amide bonds. The quantitative estimate of drug-likeness (QED) is 0.0581. The van der Waals surface area contributed by atoms with E-state index in [1.165, 1.54) is 168 Å². The SMILES string of the molecule is COC[C@H]1O[C@@H]2O[C@@H]3[C@@H](OC)[C@@H](OC)[C@@H](O[C@@H]4[C@@H](OC)[C@@H](OC)[C@@H](O[C@@H]5[C@@H](OC)[C@@H](OC)[C@@H](O[C@@H]6[C@@H](OC)[C@@H](OC)[C@@H](O[C@@H]7[C@@H](OC)[C@@H](OC)[C@@H](O[C@@H]8[C@@H](OC)[C@@H](OC)[C@@H](O[C@@H]1[C@@H](OC)[C@H]2OC)O[C@@H]8CNC(=O)NCCCCCCCCCCCS)O[C@@H]7COC)O[C@@H]6COC)O[C@@H]5COC)O[C@@H]4COC)O[C@@H]3COC. The topological polar surface area (TPSA) is 355 Å². The Morgan fingerprint density at radius 3 is 0.598 bits per heavy atom. The molecule has 21 heterocycles. The zero-order valence-corrected chi connectivity index (χ0v) is 70.1. The summed E-state index contributed by atoms with van der Waals surface area (Å²) in [6.07, 6.45) is -27.8. The van der Waals surface area contributed by atoms with Gasteiger partial charge in [0, 0.05) is 155 Å². The molecular formula is C74H134N2O35S. The molecule has 0 aromatic heterocycles. The van der Waals surface area contributed by atoms with Crippen LogP contribution in [0.25, 0.3) is 0 Å². The van der Waals surface area contributed by atoms with Crippen LogP contribution in [0.4, 0.5) is 4.79 Å². The van der Waals surface area contributed by atoms with E-state index < -0.39 is 221 Å². The van der Waals surface area contributed by atoms with Crippen molar-refractivity contribution in [3.05, 3.63) is 0 Å². The van der Waals surface area contributed by atoms with Gasteiger partial charge < -0.3 is 172 Å². The molecule has 656 valence electrons. The minimum atomic E-state index is -1.33. The number of urea groups is 1. The lowest BCUT2D eigenvalue weighted by atomic mass is 9.94. The number of thiol groups is 1. The number of unbranched alkanes of at least 4 members (excludes halogenated alkanes) is 8. The number of nitrogens with one attached hydrogen (secondary N) is 2. The normalized spacial score (nSPS) is 41.7. The van der Waals surface area contributed by atoms with Crippen LogP contribution < -0.4 is 10.6 Å². The highest BCUT2D eigenvalue weighted by Gasteiger charge is 2.62. The van der Waals surface area contributed by atoms with Crippen LogP contribution in [0.1, 0.15) is 57.8 Å². The molecule has 0 spiro atoms. The van der Waals surface area contributed by atoms with Gasteiger partial charge in [0.05, 0.1) is 39.6 Å². The summed E-state index contributed by atoms with van der Waals surface area (Å²) in [4.78, 5) is 14.0. The number of carbonyl (C=O) groups excluding carboxylic acids is 1. The van der Waals surface area contributed by atoms with E-state index >= 15 is 0 Å². The molecule has 21 saturated heterocycles. The van der Waals surface area contributed by atoms with E-state index in [0.717, 1.165) is 37.9 Å². The minimum absolute atomic E-state index is 0.0508. The lowest BCUT2D eigenvalue weighted by Crippen LogP contribution is -2.69. The first-order valence-corrected chi connectivity index (χ1v) is 39.3. The Hall–Kier alpha value is -1.74. The Labute approximate surface area is 666 Å². The van der Waals surface area contributed by atoms with Gasteiger partial charge in [0.25, 0.3) is 0 Å². The molecule has 2 N–H and O–H groups in total. The highest BCUT2D eigenvalue weighted by Crippen LogP contribution is 2.43. The number of amides is 2. The van der Waals surface area contributed by atoms with Gasteiger partial charge in [0.15, 0.2) is 44.0 Å². The number of hydrogen-bond acceptors (Lipinski definition) is 36. The standard InChI is InChI=1S/C74H134N2O35S/c1-78-33-40-47-54(85-8)62(93-16)69(100-40)108-49-42(35-80-3)102-71(64(95-18)56(49)87-10)110-51-44(37-82-5)104-73(66(97-20)58(51)89-12)111-52-45(38-83-6)103-72(65(96-19)59(52)90-13)109-50-43(36-81-4)101-70(63(94-17)57(50)88-11)107-48-41(34-79-2)99-68(61(92-15)55(48)86-9)105-46-39(98-67(106-47)60(91-14)53(46)84-7)32-76-74(77)75-30-28-26-24-22-21-23-25-27-29-31-112/h39-73,112H,21-38H2,1-20H3,(H2,75,76,77)/t39-,40-,41-,42-,43-,44-,45-,46+,47+,48+,49+,50+,51+,52+,53-,54-,55-,56-,57-,58-,59-,60-,61-,62-,63-,64-,65-,66-,67-,68-,69-,70-,71-,72-,73-/m1/s1. The van der Waals surface area contributed by atoms with Crippen molar-refractivity contribution in [1.82, 2.24) is 10.6 Å². The average molecular weight is 1640 g/mol. The second kappa shape index (κ2) is 49.9. The third-order valence-electron chi connectivity index (χ3n) is 22.1. The van der Waals surface area contributed by atoms with Crippen LogP contribution in [0.15, 0.2) is 0 Å². The van der Waals surface area contributed by atoms with Crippen LogP contribution in [0.3, 0.4) is 0 Å². The lowest BCUT2D eigenvalue weighted by molar-refractivity contribution is -0.402. The molecule has 0 aromatic rings. The molecular weight excluding hydrogens is 1510 g/mol. The van der Waals surface area contributed by atoms with Gasteiger partial charge in [-0.2, -0.15) is 12.6 Å². The van der Waals surface area contributed by atoms with Crippen LogP contribution in [0.5, 0.6) is 0 Å². The fraction of sp³-hybridized carbons (Fsp3) is 0.986. The van der Waals surface area contributed by atoms with Gasteiger partial charge in [0.1, 0.15) is 171 Å². The van der Waals surface area contributed by atoms with Gasteiger partial charge in [-0.05, 0) is 18.6 Å². The van der Waals surface area contributed by atoms with Gasteiger partial charge in [-0.25, -0.2) is 4.79 Å². The van der Waals surface area contributed by atoms with Crippen molar-refractivity contribution in [2.75, 3.05) is 201 Å². The summed E-state index contributed by atoms with van der Waals surface area (Å²) in [5.41, 5.74) is 0. The number of rotatable bonds is 39. The summed E-state index contributed by atoms with van der Waals surface area (Å²) in [6, 6.07) is -0.450. The summed E-state index contributed by atoms with van der Waals surface area (Å²) in [6.45, 7) is -0.112. The number of hydrogen-bond donors (Lipinski definition) is 3. The second-order valence-electron chi connectivity index (χ2n) is 28.6. The Bertz CT molecular complexity index is 2530. The Morgan fingerprint density at radius 1 is 0.232 bits per heavy atom. The van der Waals surface area contributed by atoms with Gasteiger partial charge in [-0.3, -0.25) is 0 Å². The molecule has 35 atom stereocenters. The smallest absolute Gasteiger partial charge is 0.314 e. The van der Waals surface area contributed by atoms with E-state index in [-0.39, 0.29) is 46.2 Å². The summed E-state index contributed by atoms with van der Waals surface area (Å²) >= 11 is 4.34. The van der Waals surface area contributed by atoms with Crippen LogP contribution in [-0.2, 0) is 161 Å². The summed E-state index contributed by atoms with van der Waals surface area (Å²) in [5.74, 6) is 0.911. The van der Waals surface area contributed by atoms with Crippen molar-refractivity contribution in [3.63, 3.8) is 0 Å². The van der Waals surface area contributed by atoms with Crippen molar-refractivity contribution in [1.29, 1.82) is 0 Å². The Kier molecular flexibility index (Phi) is 42.6. The largest absolute Gasteiger partial charge is 0.382 e. The lowest BCUT2D eigenvalue weighted by Gasteiger charge is -2.52. The zero-order valence-electron chi connectivity index (χ0n) is 69.2. The van der Waals surface area contributed by atoms with Crippen molar-refractivity contribution in [2.45, 2.75) is 273 Å². The van der Waals surface area contributed by atoms with E-state index in [2.05, 4.69) is 23.3 Å². The van der Waals surface area contributed by atoms with Gasteiger partial charge in [-0.15, -0.1) is 0 Å². The van der Waals surface area contributed by atoms with Crippen LogP contribution >= 0.6 is 12.6 Å². The molecule has 37 nitrogen and oxygen atoms in total. The van der Waals surface area contributed by atoms with Crippen LogP contribution in [-0.4, -0.2) is 422 Å². The highest BCUT2D eigenvalue weighted by atomic mass is 32.1. The Morgan fingerprint density at radius 2 is 0.411 bits per heavy atom. The molecule has 21 fully saturated rings. The first kappa shape index (κ1) is 95.7. The molecule has 21 aliphatic heterocycles. The minimum Gasteiger partial charge on any atom is -0.382 e. The molecule has 0 unspecified atom stereocenters. The van der Waals surface area contributed by atoms with Crippen molar-refractivity contribution in [2.24, 2.45) is 0 Å². The fourth-order valence-corrected chi connectivity index (χ4v) is 16.9. The molecule has 0 radical (unpaired) electrons. The van der Waals surface area contributed by atoms with Crippen molar-refractivity contribution in [3.8, 4) is 0 Å². The maximum absolute atomic E-state index is 14.0. The predicted octanol–water partition coefficient (Wildman–Crippen LogP) is 1.60. The van der Waals surface area contributed by atoms with Crippen molar-refractivity contribution < 1.29 is 166 Å². The van der Waals surface area contributed by atoms with E-state index in [4.69, 9.17) is 161 Å². The summed E-state index contributed by atoms with van der Waals surface area (Å²) < 4.78 is 223. The highest BCUT2D eigenvalue weighted by molar-refractivity contribution is 7.80. The second-order valence-corrected chi connectivity index (χ2v) is 29.0. The first-order chi connectivity index (χ1) is 54.6. The molecule has 0 saturated carbocycles. The molecule has 0 aliphatic carbocycles. The summed E-state index contributed by atoms with van der Waals surface area (Å²) in [5, 5.41) is 6.06. The molecule has 112 heavy (non-hydrogen) atoms. The maximum Gasteiger partial charge on any atom is 0.314 e. The van der Waals surface area contributed by atoms with E-state index in [0.29, 0.717) is 6.54 Å². The average Bonchev–Trinajstić information content (AvgIpc) is 0.769. The monoisotopic (exact) mass is 1640 g/mol. The number of ether oxygens (including phenoxy) is 34. The number of methoxy groups -OCH3 is 20. The maximum atomic E-state index is 14.0. The molecule has 38 heteroatoms. The summed E-state index contributed by atoms with van der Waals surface area (Å²) in [7, 11) is 30.1. The molecule has 14 bridgehead atoms. The van der Waals surface area contributed by atoms with E-state index in [9.17, 15) is 4.79 Å². The third kappa shape index (κ3) is 23.5.